The quantitative estimate of drug-likeness (QED) is 0.823. The highest BCUT2D eigenvalue weighted by molar-refractivity contribution is 5.11. The average molecular weight is 236 g/mol. The summed E-state index contributed by atoms with van der Waals surface area (Å²) >= 11 is 0. The fourth-order valence-corrected chi connectivity index (χ4v) is 1.74. The Morgan fingerprint density at radius 2 is 2.00 bits per heavy atom. The molecule has 1 heterocycles. The predicted octanol–water partition coefficient (Wildman–Crippen LogP) is 2.15. The van der Waals surface area contributed by atoms with Crippen molar-refractivity contribution < 1.29 is 5.11 Å². The van der Waals surface area contributed by atoms with E-state index < -0.39 is 5.60 Å². The molecule has 1 aromatic heterocycles. The van der Waals surface area contributed by atoms with Gasteiger partial charge in [-0.2, -0.15) is 0 Å². The van der Waals surface area contributed by atoms with E-state index in [2.05, 4.69) is 31.1 Å². The summed E-state index contributed by atoms with van der Waals surface area (Å²) in [5, 5.41) is 13.7. The highest BCUT2D eigenvalue weighted by Gasteiger charge is 2.21. The molecule has 0 aliphatic carbocycles. The topological polar surface area (TPSA) is 45.1 Å². The molecule has 0 aliphatic rings. The van der Waals surface area contributed by atoms with Crippen LogP contribution in [-0.2, 0) is 6.42 Å². The van der Waals surface area contributed by atoms with Gasteiger partial charge in [0, 0.05) is 24.4 Å². The molecule has 96 valence electrons. The molecule has 3 heteroatoms. The van der Waals surface area contributed by atoms with Crippen molar-refractivity contribution in [2.24, 2.45) is 0 Å². The lowest BCUT2D eigenvalue weighted by atomic mass is 9.93. The second-order valence-electron chi connectivity index (χ2n) is 5.96. The maximum Gasteiger partial charge on any atom is 0.0672 e. The summed E-state index contributed by atoms with van der Waals surface area (Å²) in [6.07, 6.45) is 4.94. The predicted molar refractivity (Wildman–Crippen MR) is 70.9 cm³/mol. The van der Waals surface area contributed by atoms with Crippen LogP contribution in [0, 0.1) is 0 Å². The van der Waals surface area contributed by atoms with Gasteiger partial charge in [0.2, 0.25) is 0 Å². The van der Waals surface area contributed by atoms with E-state index in [0.717, 1.165) is 18.5 Å². The van der Waals surface area contributed by atoms with Crippen LogP contribution in [0.2, 0.25) is 0 Å². The Hall–Kier alpha value is -0.930. The number of nitrogens with one attached hydrogen (secondary N) is 1. The molecule has 3 nitrogen and oxygen atoms in total. The number of nitrogens with zero attached hydrogens (tertiary/aromatic N) is 1. The van der Waals surface area contributed by atoms with E-state index in [1.54, 1.807) is 6.20 Å². The van der Waals surface area contributed by atoms with Crippen LogP contribution in [0.5, 0.6) is 0 Å². The lowest BCUT2D eigenvalue weighted by Crippen LogP contribution is -2.40. The molecule has 1 aromatic rings. The van der Waals surface area contributed by atoms with Gasteiger partial charge in [0.15, 0.2) is 0 Å². The number of pyridine rings is 1. The average Bonchev–Trinajstić information content (AvgIpc) is 2.15. The maximum atomic E-state index is 10.3. The summed E-state index contributed by atoms with van der Waals surface area (Å²) in [5.74, 6) is 0. The highest BCUT2D eigenvalue weighted by atomic mass is 16.3. The zero-order valence-electron chi connectivity index (χ0n) is 11.3. The third-order valence-electron chi connectivity index (χ3n) is 2.63. The normalized spacial score (nSPS) is 15.6. The monoisotopic (exact) mass is 236 g/mol. The van der Waals surface area contributed by atoms with Crippen LogP contribution in [0.25, 0.3) is 0 Å². The maximum absolute atomic E-state index is 10.3. The van der Waals surface area contributed by atoms with Crippen LogP contribution >= 0.6 is 0 Å². The highest BCUT2D eigenvalue weighted by Crippen LogP contribution is 2.16. The van der Waals surface area contributed by atoms with Crippen molar-refractivity contribution in [3.8, 4) is 0 Å². The van der Waals surface area contributed by atoms with Gasteiger partial charge in [-0.3, -0.25) is 4.98 Å². The van der Waals surface area contributed by atoms with Gasteiger partial charge in [-0.1, -0.05) is 6.07 Å². The number of hydrogen-bond donors (Lipinski definition) is 2. The molecule has 0 spiro atoms. The standard InChI is InChI=1S/C14H24N2O/c1-13(2,3)16-9-7-14(4,17)10-12-6-5-8-15-11-12/h5-6,8,11,16-17H,7,9-10H2,1-4H3. The first kappa shape index (κ1) is 14.1. The van der Waals surface area contributed by atoms with E-state index in [1.807, 2.05) is 25.3 Å². The van der Waals surface area contributed by atoms with Crippen LogP contribution in [-0.4, -0.2) is 27.8 Å². The third-order valence-corrected chi connectivity index (χ3v) is 2.63. The van der Waals surface area contributed by atoms with Crippen molar-refractivity contribution in [2.75, 3.05) is 6.54 Å². The minimum atomic E-state index is -0.679. The van der Waals surface area contributed by atoms with Gasteiger partial charge in [0.05, 0.1) is 5.60 Å². The number of aliphatic hydroxyl groups is 1. The molecule has 0 aromatic carbocycles. The summed E-state index contributed by atoms with van der Waals surface area (Å²) < 4.78 is 0. The van der Waals surface area contributed by atoms with Crippen molar-refractivity contribution in [2.45, 2.75) is 51.7 Å². The molecular formula is C14H24N2O. The molecule has 0 fully saturated rings. The third kappa shape index (κ3) is 6.39. The SMILES string of the molecule is CC(O)(CCNC(C)(C)C)Cc1cccnc1. The van der Waals surface area contributed by atoms with Crippen molar-refractivity contribution in [1.82, 2.24) is 10.3 Å². The first-order valence-corrected chi connectivity index (χ1v) is 6.15. The van der Waals surface area contributed by atoms with E-state index in [0.29, 0.717) is 6.42 Å². The van der Waals surface area contributed by atoms with E-state index in [-0.39, 0.29) is 5.54 Å². The van der Waals surface area contributed by atoms with Crippen LogP contribution in [0.15, 0.2) is 24.5 Å². The van der Waals surface area contributed by atoms with Crippen molar-refractivity contribution in [3.63, 3.8) is 0 Å². The van der Waals surface area contributed by atoms with Crippen molar-refractivity contribution >= 4 is 0 Å². The minimum Gasteiger partial charge on any atom is -0.390 e. The number of rotatable bonds is 5. The Morgan fingerprint density at radius 1 is 1.29 bits per heavy atom. The molecule has 0 aliphatic heterocycles. The molecule has 1 rings (SSSR count). The molecule has 0 saturated heterocycles. The number of hydrogen-bond acceptors (Lipinski definition) is 3. The van der Waals surface area contributed by atoms with E-state index in [4.69, 9.17) is 0 Å². The lowest BCUT2D eigenvalue weighted by Gasteiger charge is -2.27. The largest absolute Gasteiger partial charge is 0.390 e. The lowest BCUT2D eigenvalue weighted by molar-refractivity contribution is 0.0499. The van der Waals surface area contributed by atoms with Gasteiger partial charge in [0.25, 0.3) is 0 Å². The van der Waals surface area contributed by atoms with Gasteiger partial charge in [0.1, 0.15) is 0 Å². The summed E-state index contributed by atoms with van der Waals surface area (Å²) in [6, 6.07) is 3.90. The first-order chi connectivity index (χ1) is 7.79. The minimum absolute atomic E-state index is 0.102. The smallest absolute Gasteiger partial charge is 0.0672 e. The summed E-state index contributed by atoms with van der Waals surface area (Å²) in [5.41, 5.74) is 0.499. The molecule has 0 radical (unpaired) electrons. The van der Waals surface area contributed by atoms with Crippen LogP contribution in [0.1, 0.15) is 39.7 Å². The molecule has 17 heavy (non-hydrogen) atoms. The summed E-state index contributed by atoms with van der Waals surface area (Å²) in [6.45, 7) is 9.08. The number of aromatic nitrogens is 1. The second-order valence-corrected chi connectivity index (χ2v) is 5.96. The molecule has 0 bridgehead atoms. The van der Waals surface area contributed by atoms with E-state index in [1.165, 1.54) is 0 Å². The Balaban J connectivity index is 2.41. The van der Waals surface area contributed by atoms with E-state index >= 15 is 0 Å². The molecule has 0 amide bonds. The molecule has 1 atom stereocenters. The van der Waals surface area contributed by atoms with Crippen LogP contribution < -0.4 is 5.32 Å². The van der Waals surface area contributed by atoms with Gasteiger partial charge < -0.3 is 10.4 Å². The molecule has 1 unspecified atom stereocenters. The Kier molecular flexibility index (Phi) is 4.66. The molecule has 2 N–H and O–H groups in total. The Bertz CT molecular complexity index is 328. The fraction of sp³-hybridized carbons (Fsp3) is 0.643. The van der Waals surface area contributed by atoms with Crippen molar-refractivity contribution in [3.05, 3.63) is 30.1 Å². The van der Waals surface area contributed by atoms with Crippen molar-refractivity contribution in [1.29, 1.82) is 0 Å². The van der Waals surface area contributed by atoms with Gasteiger partial charge in [-0.25, -0.2) is 0 Å². The van der Waals surface area contributed by atoms with Gasteiger partial charge in [-0.05, 0) is 52.3 Å². The zero-order valence-corrected chi connectivity index (χ0v) is 11.3. The van der Waals surface area contributed by atoms with Crippen LogP contribution in [0.4, 0.5) is 0 Å². The first-order valence-electron chi connectivity index (χ1n) is 6.15. The summed E-state index contributed by atoms with van der Waals surface area (Å²) in [7, 11) is 0. The van der Waals surface area contributed by atoms with Crippen LogP contribution in [0.3, 0.4) is 0 Å². The summed E-state index contributed by atoms with van der Waals surface area (Å²) in [4.78, 5) is 4.06. The Labute approximate surface area is 104 Å². The van der Waals surface area contributed by atoms with E-state index in [9.17, 15) is 5.11 Å². The zero-order chi connectivity index (χ0) is 12.9. The van der Waals surface area contributed by atoms with Gasteiger partial charge >= 0.3 is 0 Å². The second kappa shape index (κ2) is 5.61. The molecule has 0 saturated carbocycles. The fourth-order valence-electron chi connectivity index (χ4n) is 1.74. The molecular weight excluding hydrogens is 212 g/mol. The van der Waals surface area contributed by atoms with Gasteiger partial charge in [-0.15, -0.1) is 0 Å². The Morgan fingerprint density at radius 3 is 2.53 bits per heavy atom.